The standard InChI is InChI=1S/C13H15N7O/c1-6(2)20-11-8(7(3)16-13(14)17-11)4-9(12(20)21)10-5-15-19-18-10/h4-6H,1-3H3,(H2,14,16,17)(H,15,18,19). The number of hydrogen-bond donors (Lipinski definition) is 2. The molecule has 8 nitrogen and oxygen atoms in total. The highest BCUT2D eigenvalue weighted by Crippen LogP contribution is 2.22. The van der Waals surface area contributed by atoms with Crippen LogP contribution >= 0.6 is 0 Å². The van der Waals surface area contributed by atoms with Crippen molar-refractivity contribution >= 4 is 17.0 Å². The van der Waals surface area contributed by atoms with Crippen molar-refractivity contribution in [3.63, 3.8) is 0 Å². The van der Waals surface area contributed by atoms with E-state index >= 15 is 0 Å². The van der Waals surface area contributed by atoms with Crippen molar-refractivity contribution in [2.24, 2.45) is 0 Å². The zero-order chi connectivity index (χ0) is 15.1. The van der Waals surface area contributed by atoms with Gasteiger partial charge in [0, 0.05) is 11.4 Å². The van der Waals surface area contributed by atoms with E-state index < -0.39 is 0 Å². The number of aromatic nitrogens is 6. The normalized spacial score (nSPS) is 11.4. The Bertz CT molecular complexity index is 864. The van der Waals surface area contributed by atoms with Crippen molar-refractivity contribution < 1.29 is 0 Å². The molecular weight excluding hydrogens is 270 g/mol. The molecule has 0 aliphatic rings. The van der Waals surface area contributed by atoms with Crippen molar-refractivity contribution in [3.05, 3.63) is 28.3 Å². The van der Waals surface area contributed by atoms with Gasteiger partial charge in [-0.15, -0.1) is 0 Å². The third-order valence-electron chi connectivity index (χ3n) is 3.31. The summed E-state index contributed by atoms with van der Waals surface area (Å²) in [5.41, 5.74) is 7.74. The molecule has 0 bridgehead atoms. The highest BCUT2D eigenvalue weighted by atomic mass is 16.1. The summed E-state index contributed by atoms with van der Waals surface area (Å²) in [6.07, 6.45) is 1.51. The summed E-state index contributed by atoms with van der Waals surface area (Å²) in [5, 5.41) is 11.0. The monoisotopic (exact) mass is 285 g/mol. The highest BCUT2D eigenvalue weighted by molar-refractivity contribution is 5.83. The fourth-order valence-corrected chi connectivity index (χ4v) is 2.37. The first-order chi connectivity index (χ1) is 9.99. The number of H-pyrrole nitrogens is 1. The molecule has 3 aromatic heterocycles. The molecule has 108 valence electrons. The van der Waals surface area contributed by atoms with E-state index in [-0.39, 0.29) is 17.5 Å². The molecule has 21 heavy (non-hydrogen) atoms. The zero-order valence-electron chi connectivity index (χ0n) is 12.0. The van der Waals surface area contributed by atoms with E-state index in [1.54, 1.807) is 10.6 Å². The molecule has 0 aliphatic heterocycles. The quantitative estimate of drug-likeness (QED) is 0.727. The molecule has 3 heterocycles. The van der Waals surface area contributed by atoms with E-state index in [0.717, 1.165) is 11.1 Å². The molecule has 0 unspecified atom stereocenters. The number of fused-ring (bicyclic) bond motifs is 1. The fourth-order valence-electron chi connectivity index (χ4n) is 2.37. The third kappa shape index (κ3) is 2.04. The number of aromatic amines is 1. The van der Waals surface area contributed by atoms with Crippen molar-refractivity contribution in [3.8, 4) is 11.3 Å². The number of nitrogens with zero attached hydrogens (tertiary/aromatic N) is 5. The van der Waals surface area contributed by atoms with Gasteiger partial charge in [-0.2, -0.15) is 20.4 Å². The van der Waals surface area contributed by atoms with Crippen LogP contribution in [-0.4, -0.2) is 29.9 Å². The molecule has 0 amide bonds. The van der Waals surface area contributed by atoms with Crippen molar-refractivity contribution in [2.75, 3.05) is 5.73 Å². The van der Waals surface area contributed by atoms with Crippen LogP contribution in [0.3, 0.4) is 0 Å². The Morgan fingerprint density at radius 2 is 2.10 bits per heavy atom. The van der Waals surface area contributed by atoms with Gasteiger partial charge in [0.2, 0.25) is 5.95 Å². The molecule has 3 aromatic rings. The zero-order valence-corrected chi connectivity index (χ0v) is 12.0. The van der Waals surface area contributed by atoms with Gasteiger partial charge >= 0.3 is 0 Å². The summed E-state index contributed by atoms with van der Waals surface area (Å²) in [4.78, 5) is 21.1. The van der Waals surface area contributed by atoms with Crippen LogP contribution < -0.4 is 11.3 Å². The summed E-state index contributed by atoms with van der Waals surface area (Å²) in [6, 6.07) is 1.67. The van der Waals surface area contributed by atoms with Crippen LogP contribution in [0.1, 0.15) is 25.6 Å². The number of nitrogens with one attached hydrogen (secondary N) is 1. The summed E-state index contributed by atoms with van der Waals surface area (Å²) >= 11 is 0. The van der Waals surface area contributed by atoms with Crippen molar-refractivity contribution in [1.82, 2.24) is 29.9 Å². The molecule has 3 N–H and O–H groups in total. The van der Waals surface area contributed by atoms with Gasteiger partial charge in [0.1, 0.15) is 11.3 Å². The van der Waals surface area contributed by atoms with Crippen LogP contribution in [0, 0.1) is 6.92 Å². The Hall–Kier alpha value is -2.77. The second-order valence-corrected chi connectivity index (χ2v) is 5.09. The number of pyridine rings is 1. The Kier molecular flexibility index (Phi) is 2.93. The molecule has 8 heteroatoms. The molecule has 0 atom stereocenters. The number of hydrogen-bond acceptors (Lipinski definition) is 6. The van der Waals surface area contributed by atoms with Crippen LogP contribution in [0.4, 0.5) is 5.95 Å². The van der Waals surface area contributed by atoms with Gasteiger partial charge in [0.05, 0.1) is 17.5 Å². The lowest BCUT2D eigenvalue weighted by molar-refractivity contribution is 0.596. The number of nitrogens with two attached hydrogens (primary N) is 1. The van der Waals surface area contributed by atoms with E-state index in [1.807, 2.05) is 20.8 Å². The maximum Gasteiger partial charge on any atom is 0.262 e. The summed E-state index contributed by atoms with van der Waals surface area (Å²) in [7, 11) is 0. The lowest BCUT2D eigenvalue weighted by Gasteiger charge is -2.15. The van der Waals surface area contributed by atoms with Crippen molar-refractivity contribution in [1.29, 1.82) is 0 Å². The highest BCUT2D eigenvalue weighted by Gasteiger charge is 2.17. The van der Waals surface area contributed by atoms with Gasteiger partial charge < -0.3 is 5.73 Å². The fraction of sp³-hybridized carbons (Fsp3) is 0.308. The largest absolute Gasteiger partial charge is 0.368 e. The first-order valence-corrected chi connectivity index (χ1v) is 6.54. The second kappa shape index (κ2) is 4.65. The van der Waals surface area contributed by atoms with Crippen LogP contribution in [-0.2, 0) is 0 Å². The Morgan fingerprint density at radius 1 is 1.33 bits per heavy atom. The van der Waals surface area contributed by atoms with Gasteiger partial charge in [-0.05, 0) is 26.8 Å². The van der Waals surface area contributed by atoms with Crippen LogP contribution in [0.15, 0.2) is 17.1 Å². The van der Waals surface area contributed by atoms with Crippen LogP contribution in [0.25, 0.3) is 22.3 Å². The molecule has 0 radical (unpaired) electrons. The third-order valence-corrected chi connectivity index (χ3v) is 3.31. The number of anilines is 1. The first kappa shape index (κ1) is 13.2. The Balaban J connectivity index is 2.49. The Morgan fingerprint density at radius 3 is 2.71 bits per heavy atom. The van der Waals surface area contributed by atoms with E-state index in [1.165, 1.54) is 6.20 Å². The molecule has 0 aliphatic carbocycles. The van der Waals surface area contributed by atoms with Gasteiger partial charge in [-0.1, -0.05) is 0 Å². The van der Waals surface area contributed by atoms with Crippen LogP contribution in [0.2, 0.25) is 0 Å². The minimum Gasteiger partial charge on any atom is -0.368 e. The van der Waals surface area contributed by atoms with Gasteiger partial charge in [0.15, 0.2) is 0 Å². The molecule has 0 fully saturated rings. The average molecular weight is 285 g/mol. The summed E-state index contributed by atoms with van der Waals surface area (Å²) in [6.45, 7) is 5.67. The van der Waals surface area contributed by atoms with E-state index in [2.05, 4.69) is 25.4 Å². The SMILES string of the molecule is Cc1nc(N)nc2c1cc(-c1cn[nH]n1)c(=O)n2C(C)C. The first-order valence-electron chi connectivity index (χ1n) is 6.54. The number of rotatable bonds is 2. The maximum absolute atomic E-state index is 12.7. The molecule has 0 spiro atoms. The van der Waals surface area contributed by atoms with Crippen molar-refractivity contribution in [2.45, 2.75) is 26.8 Å². The Labute approximate surface area is 120 Å². The predicted molar refractivity (Wildman–Crippen MR) is 78.7 cm³/mol. The van der Waals surface area contributed by atoms with Gasteiger partial charge in [-0.25, -0.2) is 4.98 Å². The van der Waals surface area contributed by atoms with Gasteiger partial charge in [0.25, 0.3) is 5.56 Å². The molecule has 3 rings (SSSR count). The van der Waals surface area contributed by atoms with Gasteiger partial charge in [-0.3, -0.25) is 9.36 Å². The number of aryl methyl sites for hydroxylation is 1. The smallest absolute Gasteiger partial charge is 0.262 e. The number of nitrogen functional groups attached to an aromatic ring is 1. The topological polar surface area (TPSA) is 115 Å². The van der Waals surface area contributed by atoms with E-state index in [4.69, 9.17) is 5.73 Å². The maximum atomic E-state index is 12.7. The lowest BCUT2D eigenvalue weighted by atomic mass is 10.1. The molecule has 0 aromatic carbocycles. The minimum absolute atomic E-state index is 0.0689. The molecule has 0 saturated carbocycles. The summed E-state index contributed by atoms with van der Waals surface area (Å²) < 4.78 is 1.60. The van der Waals surface area contributed by atoms with E-state index in [9.17, 15) is 4.79 Å². The van der Waals surface area contributed by atoms with E-state index in [0.29, 0.717) is 16.9 Å². The second-order valence-electron chi connectivity index (χ2n) is 5.09. The molecule has 0 saturated heterocycles. The molecular formula is C13H15N7O. The predicted octanol–water partition coefficient (Wildman–Crippen LogP) is 1.05. The van der Waals surface area contributed by atoms with Crippen LogP contribution in [0.5, 0.6) is 0 Å². The minimum atomic E-state index is -0.177. The summed E-state index contributed by atoms with van der Waals surface area (Å²) in [5.74, 6) is 0.156. The average Bonchev–Trinajstić information content (AvgIpc) is 2.91. The lowest BCUT2D eigenvalue weighted by Crippen LogP contribution is -2.25.